The first kappa shape index (κ1) is 12.5. The summed E-state index contributed by atoms with van der Waals surface area (Å²) in [7, 11) is 0. The van der Waals surface area contributed by atoms with Gasteiger partial charge in [-0.1, -0.05) is 22.6 Å². The largest absolute Gasteiger partial charge is 0.418 e. The molecule has 0 aromatic carbocycles. The van der Waals surface area contributed by atoms with E-state index in [2.05, 4.69) is 22.6 Å². The maximum atomic E-state index is 12.5. The minimum absolute atomic E-state index is 0.0155. The van der Waals surface area contributed by atoms with Crippen molar-refractivity contribution in [3.63, 3.8) is 0 Å². The molecule has 1 aliphatic rings. The van der Waals surface area contributed by atoms with Crippen molar-refractivity contribution >= 4 is 22.6 Å². The normalized spacial score (nSPS) is 33.0. The van der Waals surface area contributed by atoms with Gasteiger partial charge in [0.1, 0.15) is 0 Å². The topological polar surface area (TPSA) is 23.5 Å². The van der Waals surface area contributed by atoms with Crippen LogP contribution in [0.15, 0.2) is 0 Å². The van der Waals surface area contributed by atoms with Crippen molar-refractivity contribution in [2.45, 2.75) is 35.6 Å². The third-order valence-corrected chi connectivity index (χ3v) is 3.32. The quantitative estimate of drug-likeness (QED) is 0.454. The molecule has 0 aromatic rings. The Morgan fingerprint density at radius 1 is 1.50 bits per heavy atom. The van der Waals surface area contributed by atoms with Crippen molar-refractivity contribution in [2.24, 2.45) is 0 Å². The van der Waals surface area contributed by atoms with Gasteiger partial charge in [-0.05, 0) is 26.3 Å². The summed E-state index contributed by atoms with van der Waals surface area (Å²) in [5.74, 6) is 0. The number of piperidine rings is 1. The number of nitrogens with zero attached hydrogens (tertiary/aromatic N) is 1. The van der Waals surface area contributed by atoms with E-state index in [9.17, 15) is 18.3 Å². The molecule has 0 bridgehead atoms. The molecule has 84 valence electrons. The maximum absolute atomic E-state index is 12.5. The molecule has 0 aliphatic carbocycles. The van der Waals surface area contributed by atoms with Crippen molar-refractivity contribution in [1.29, 1.82) is 0 Å². The molecule has 0 amide bonds. The molecule has 1 aliphatic heterocycles. The van der Waals surface area contributed by atoms with E-state index in [4.69, 9.17) is 0 Å². The standard InChI is InChI=1S/C8H13F3INO/c1-6(12)13-4-2-3-7(14,5-13)8(9,10)11/h6,14H,2-5H2,1H3. The van der Waals surface area contributed by atoms with Crippen LogP contribution in [-0.4, -0.2) is 38.9 Å². The molecule has 1 fully saturated rings. The van der Waals surface area contributed by atoms with Gasteiger partial charge in [0.2, 0.25) is 0 Å². The minimum atomic E-state index is -4.52. The van der Waals surface area contributed by atoms with Gasteiger partial charge in [-0.2, -0.15) is 13.2 Å². The van der Waals surface area contributed by atoms with Gasteiger partial charge in [-0.3, -0.25) is 4.90 Å². The first-order valence-corrected chi connectivity index (χ1v) is 5.68. The second-order valence-electron chi connectivity index (χ2n) is 3.68. The SMILES string of the molecule is CC(I)N1CCCC(O)(C(F)(F)F)C1. The Labute approximate surface area is 94.6 Å². The van der Waals surface area contributed by atoms with Gasteiger partial charge in [0.15, 0.2) is 5.60 Å². The molecule has 1 N–H and O–H groups in total. The van der Waals surface area contributed by atoms with Crippen molar-refractivity contribution in [1.82, 2.24) is 4.90 Å². The van der Waals surface area contributed by atoms with Crippen LogP contribution in [0.3, 0.4) is 0 Å². The molecule has 0 radical (unpaired) electrons. The predicted octanol–water partition coefficient (Wildman–Crippen LogP) is 2.16. The number of β-amino-alcohol motifs (C(OH)–C–C–N with tert-alkyl or cyclic N) is 1. The Morgan fingerprint density at radius 3 is 2.50 bits per heavy atom. The van der Waals surface area contributed by atoms with Gasteiger partial charge < -0.3 is 5.11 Å². The average molecular weight is 323 g/mol. The van der Waals surface area contributed by atoms with Crippen LogP contribution in [0.25, 0.3) is 0 Å². The van der Waals surface area contributed by atoms with Crippen LogP contribution in [-0.2, 0) is 0 Å². The maximum Gasteiger partial charge on any atom is 0.418 e. The van der Waals surface area contributed by atoms with Crippen molar-refractivity contribution < 1.29 is 18.3 Å². The summed E-state index contributed by atoms with van der Waals surface area (Å²) in [6.07, 6.45) is -4.31. The van der Waals surface area contributed by atoms with E-state index in [1.54, 1.807) is 4.90 Å². The molecule has 2 nitrogen and oxygen atoms in total. The van der Waals surface area contributed by atoms with Gasteiger partial charge in [-0.15, -0.1) is 0 Å². The summed E-state index contributed by atoms with van der Waals surface area (Å²) in [6.45, 7) is 2.14. The minimum Gasteiger partial charge on any atom is -0.379 e. The molecule has 2 atom stereocenters. The molecular formula is C8H13F3INO. The van der Waals surface area contributed by atoms with Crippen LogP contribution in [0.4, 0.5) is 13.2 Å². The Kier molecular flexibility index (Phi) is 3.69. The molecule has 14 heavy (non-hydrogen) atoms. The number of likely N-dealkylation sites (tertiary alicyclic amines) is 1. The molecule has 6 heteroatoms. The zero-order valence-corrected chi connectivity index (χ0v) is 9.97. The number of rotatable bonds is 1. The first-order valence-electron chi connectivity index (χ1n) is 4.43. The summed E-state index contributed by atoms with van der Waals surface area (Å²) in [5, 5.41) is 9.46. The molecule has 0 spiro atoms. The summed E-state index contributed by atoms with van der Waals surface area (Å²) in [5.41, 5.74) is -2.51. The van der Waals surface area contributed by atoms with Crippen LogP contribution in [0.1, 0.15) is 19.8 Å². The Hall–Kier alpha value is 0.440. The van der Waals surface area contributed by atoms with Crippen LogP contribution < -0.4 is 0 Å². The Balaban J connectivity index is 2.72. The summed E-state index contributed by atoms with van der Waals surface area (Å²) in [4.78, 5) is 1.65. The third-order valence-electron chi connectivity index (χ3n) is 2.53. The highest BCUT2D eigenvalue weighted by Gasteiger charge is 2.55. The fourth-order valence-corrected chi connectivity index (χ4v) is 2.08. The van der Waals surface area contributed by atoms with Crippen LogP contribution in [0, 0.1) is 0 Å². The van der Waals surface area contributed by atoms with E-state index in [1.165, 1.54) is 0 Å². The lowest BCUT2D eigenvalue weighted by atomic mass is 9.92. The highest BCUT2D eigenvalue weighted by Crippen LogP contribution is 2.37. The number of hydrogen-bond acceptors (Lipinski definition) is 2. The van der Waals surface area contributed by atoms with E-state index in [0.717, 1.165) is 0 Å². The summed E-state index contributed by atoms with van der Waals surface area (Å²) < 4.78 is 37.5. The van der Waals surface area contributed by atoms with Gasteiger partial charge in [-0.25, -0.2) is 0 Å². The highest BCUT2D eigenvalue weighted by atomic mass is 127. The number of alkyl halides is 4. The molecule has 0 saturated carbocycles. The second-order valence-corrected chi connectivity index (χ2v) is 5.48. The first-order chi connectivity index (χ1) is 6.26. The van der Waals surface area contributed by atoms with Gasteiger partial charge in [0.25, 0.3) is 0 Å². The van der Waals surface area contributed by atoms with Gasteiger partial charge in [0.05, 0.1) is 4.05 Å². The van der Waals surface area contributed by atoms with E-state index in [-0.39, 0.29) is 17.0 Å². The van der Waals surface area contributed by atoms with E-state index in [1.807, 2.05) is 6.92 Å². The number of hydrogen-bond donors (Lipinski definition) is 1. The Bertz CT molecular complexity index is 209. The van der Waals surface area contributed by atoms with Crippen molar-refractivity contribution in [3.8, 4) is 0 Å². The molecule has 2 unspecified atom stereocenters. The zero-order valence-electron chi connectivity index (χ0n) is 7.81. The fourth-order valence-electron chi connectivity index (χ4n) is 1.60. The summed E-state index contributed by atoms with van der Waals surface area (Å²) in [6, 6.07) is 0. The zero-order chi connectivity index (χ0) is 11.0. The Morgan fingerprint density at radius 2 is 2.07 bits per heavy atom. The van der Waals surface area contributed by atoms with E-state index < -0.39 is 11.8 Å². The summed E-state index contributed by atoms with van der Waals surface area (Å²) >= 11 is 2.05. The molecule has 1 heterocycles. The molecule has 1 rings (SSSR count). The molecular weight excluding hydrogens is 310 g/mol. The lowest BCUT2D eigenvalue weighted by Gasteiger charge is -2.41. The van der Waals surface area contributed by atoms with E-state index >= 15 is 0 Å². The van der Waals surface area contributed by atoms with Gasteiger partial charge in [0, 0.05) is 6.54 Å². The van der Waals surface area contributed by atoms with E-state index in [0.29, 0.717) is 13.0 Å². The van der Waals surface area contributed by atoms with Crippen molar-refractivity contribution in [3.05, 3.63) is 0 Å². The highest BCUT2D eigenvalue weighted by molar-refractivity contribution is 14.1. The third kappa shape index (κ3) is 2.52. The van der Waals surface area contributed by atoms with Crippen molar-refractivity contribution in [2.75, 3.05) is 13.1 Å². The van der Waals surface area contributed by atoms with Crippen LogP contribution >= 0.6 is 22.6 Å². The molecule has 0 aromatic heterocycles. The average Bonchev–Trinajstić information content (AvgIpc) is 2.02. The predicted molar refractivity (Wildman–Crippen MR) is 55.3 cm³/mol. The smallest absolute Gasteiger partial charge is 0.379 e. The lowest BCUT2D eigenvalue weighted by molar-refractivity contribution is -0.274. The van der Waals surface area contributed by atoms with Crippen LogP contribution in [0.2, 0.25) is 0 Å². The van der Waals surface area contributed by atoms with Gasteiger partial charge >= 0.3 is 6.18 Å². The number of aliphatic hydroxyl groups is 1. The molecule has 1 saturated heterocycles. The van der Waals surface area contributed by atoms with Crippen LogP contribution in [0.5, 0.6) is 0 Å². The lowest BCUT2D eigenvalue weighted by Crippen LogP contribution is -2.57. The second kappa shape index (κ2) is 4.13. The fraction of sp³-hybridized carbons (Fsp3) is 1.00. The monoisotopic (exact) mass is 323 g/mol. The number of halogens is 4.